The molecule has 3 nitrogen and oxygen atoms in total. The Morgan fingerprint density at radius 2 is 2.00 bits per heavy atom. The van der Waals surface area contributed by atoms with E-state index in [1.807, 2.05) is 0 Å². The second-order valence-corrected chi connectivity index (χ2v) is 9.11. The first-order chi connectivity index (χ1) is 3.13. The Bertz CT molecular complexity index is 42.2. The van der Waals surface area contributed by atoms with E-state index in [0.717, 1.165) is 5.17 Å². The van der Waals surface area contributed by atoms with Crippen LogP contribution in [0.2, 0.25) is 9.36 Å². The van der Waals surface area contributed by atoms with Crippen LogP contribution in [0.15, 0.2) is 0 Å². The molecule has 0 aromatic rings. The van der Waals surface area contributed by atoms with Crippen molar-refractivity contribution in [2.24, 2.45) is 0 Å². The summed E-state index contributed by atoms with van der Waals surface area (Å²) >= 11 is -1.43. The van der Waals surface area contributed by atoms with Crippen molar-refractivity contribution in [1.29, 1.82) is 0 Å². The van der Waals surface area contributed by atoms with E-state index >= 15 is 0 Å². The zero-order valence-electron chi connectivity index (χ0n) is 4.93. The van der Waals surface area contributed by atoms with Gasteiger partial charge in [0.1, 0.15) is 0 Å². The number of hydrogen-bond acceptors (Lipinski definition) is 3. The van der Waals surface area contributed by atoms with Gasteiger partial charge in [-0.3, -0.25) is 0 Å². The van der Waals surface area contributed by atoms with Crippen LogP contribution in [0, 0.1) is 5.21 Å². The predicted octanol–water partition coefficient (Wildman–Crippen LogP) is 0.172. The summed E-state index contributed by atoms with van der Waals surface area (Å²) < 4.78 is 7.04. The Labute approximate surface area is 52.2 Å². The van der Waals surface area contributed by atoms with Crippen LogP contribution in [0.3, 0.4) is 0 Å². The third-order valence-corrected chi connectivity index (χ3v) is 2.95. The van der Waals surface area contributed by atoms with Crippen molar-refractivity contribution in [2.45, 2.75) is 9.36 Å². The van der Waals surface area contributed by atoms with Gasteiger partial charge >= 0.3 is 51.9 Å². The van der Waals surface area contributed by atoms with E-state index in [9.17, 15) is 5.21 Å². The predicted molar refractivity (Wildman–Crippen MR) is 31.7 cm³/mol. The van der Waals surface area contributed by atoms with Gasteiger partial charge in [0.2, 0.25) is 0 Å². The SMILES string of the molecule is CN([O-])[NH][In]([CH3])[CH3]. The van der Waals surface area contributed by atoms with E-state index in [4.69, 9.17) is 0 Å². The first kappa shape index (κ1) is 7.75. The van der Waals surface area contributed by atoms with Crippen LogP contribution in [0.5, 0.6) is 0 Å². The molecule has 0 aliphatic rings. The van der Waals surface area contributed by atoms with Gasteiger partial charge in [-0.15, -0.1) is 0 Å². The molecular formula is C3H10InN2O-. The summed E-state index contributed by atoms with van der Waals surface area (Å²) in [6.45, 7) is 0. The van der Waals surface area contributed by atoms with Crippen LogP contribution in [-0.4, -0.2) is 33.9 Å². The minimum atomic E-state index is -1.43. The molecule has 0 fully saturated rings. The van der Waals surface area contributed by atoms with Crippen molar-refractivity contribution >= 4 is 21.7 Å². The monoisotopic (exact) mass is 205 g/mol. The topological polar surface area (TPSA) is 38.3 Å². The standard InChI is InChI=1S/CH4N2O.2CH3.In/c1-3(2)4;;;/h2H,1H3;2*1H3;/q-2;;;+1. The summed E-state index contributed by atoms with van der Waals surface area (Å²) in [5.41, 5.74) is 0. The van der Waals surface area contributed by atoms with E-state index in [2.05, 4.69) is 12.8 Å². The van der Waals surface area contributed by atoms with Gasteiger partial charge in [0.25, 0.3) is 0 Å². The van der Waals surface area contributed by atoms with Crippen molar-refractivity contribution in [1.82, 2.24) is 8.59 Å². The van der Waals surface area contributed by atoms with Gasteiger partial charge in [0.05, 0.1) is 0 Å². The second kappa shape index (κ2) is 3.72. The number of nitrogens with one attached hydrogen (secondary N) is 1. The number of hydrogen-bond donors (Lipinski definition) is 1. The van der Waals surface area contributed by atoms with Crippen molar-refractivity contribution in [3.8, 4) is 0 Å². The number of hydrazine groups is 1. The fourth-order valence-corrected chi connectivity index (χ4v) is 2.44. The first-order valence-electron chi connectivity index (χ1n) is 2.30. The molecule has 0 radical (unpaired) electrons. The normalized spacial score (nSPS) is 9.86. The zero-order valence-corrected chi connectivity index (χ0v) is 8.23. The molecule has 4 heteroatoms. The van der Waals surface area contributed by atoms with Gasteiger partial charge in [0, 0.05) is 0 Å². The van der Waals surface area contributed by atoms with Crippen molar-refractivity contribution in [2.75, 3.05) is 7.05 Å². The van der Waals surface area contributed by atoms with Crippen molar-refractivity contribution < 1.29 is 0 Å². The summed E-state index contributed by atoms with van der Waals surface area (Å²) in [5, 5.41) is 10.9. The second-order valence-electron chi connectivity index (χ2n) is 1.78. The zero-order chi connectivity index (χ0) is 5.86. The molecule has 0 aliphatic heterocycles. The Morgan fingerprint density at radius 3 is 2.00 bits per heavy atom. The van der Waals surface area contributed by atoms with Gasteiger partial charge in [-0.05, 0) is 0 Å². The molecule has 0 heterocycles. The molecule has 0 amide bonds. The molecule has 0 spiro atoms. The molecular weight excluding hydrogens is 195 g/mol. The number of rotatable bonds is 2. The van der Waals surface area contributed by atoms with Crippen LogP contribution in [0.4, 0.5) is 0 Å². The van der Waals surface area contributed by atoms with Gasteiger partial charge in [-0.25, -0.2) is 0 Å². The summed E-state index contributed by atoms with van der Waals surface area (Å²) in [6, 6.07) is 0. The van der Waals surface area contributed by atoms with Crippen LogP contribution in [0.25, 0.3) is 0 Å². The van der Waals surface area contributed by atoms with Crippen LogP contribution in [0.1, 0.15) is 0 Å². The quantitative estimate of drug-likeness (QED) is 0.653. The van der Waals surface area contributed by atoms with Gasteiger partial charge < -0.3 is 0 Å². The van der Waals surface area contributed by atoms with E-state index in [1.54, 1.807) is 0 Å². The number of hydroxylamine groups is 1. The maximum atomic E-state index is 10.1. The van der Waals surface area contributed by atoms with E-state index in [1.165, 1.54) is 7.05 Å². The molecule has 0 bridgehead atoms. The Morgan fingerprint density at radius 1 is 1.57 bits per heavy atom. The molecule has 7 heavy (non-hydrogen) atoms. The fourth-order valence-electron chi connectivity index (χ4n) is 0.364. The molecule has 1 N–H and O–H groups in total. The number of nitrogens with zero attached hydrogens (tertiary/aromatic N) is 1. The van der Waals surface area contributed by atoms with Gasteiger partial charge in [-0.2, -0.15) is 0 Å². The summed E-state index contributed by atoms with van der Waals surface area (Å²) in [6.07, 6.45) is 0. The molecule has 42 valence electrons. The summed E-state index contributed by atoms with van der Waals surface area (Å²) in [4.78, 5) is 0. The van der Waals surface area contributed by atoms with E-state index < -0.39 is 21.7 Å². The molecule has 0 atom stereocenters. The van der Waals surface area contributed by atoms with E-state index in [-0.39, 0.29) is 0 Å². The maximum absolute atomic E-state index is 10.1. The van der Waals surface area contributed by atoms with Crippen LogP contribution >= 0.6 is 0 Å². The van der Waals surface area contributed by atoms with Crippen molar-refractivity contribution in [3.63, 3.8) is 0 Å². The summed E-state index contributed by atoms with van der Waals surface area (Å²) in [5.74, 6) is 0. The summed E-state index contributed by atoms with van der Waals surface area (Å²) in [7, 11) is 1.48. The van der Waals surface area contributed by atoms with Crippen LogP contribution in [-0.2, 0) is 0 Å². The molecule has 0 aromatic heterocycles. The molecule has 0 rings (SSSR count). The average molecular weight is 205 g/mol. The third kappa shape index (κ3) is 6.75. The Kier molecular flexibility index (Phi) is 4.11. The molecule has 0 unspecified atom stereocenters. The Balaban J connectivity index is 2.95. The third-order valence-electron chi connectivity index (χ3n) is 0.440. The van der Waals surface area contributed by atoms with Gasteiger partial charge in [0.15, 0.2) is 0 Å². The molecule has 0 saturated heterocycles. The van der Waals surface area contributed by atoms with Gasteiger partial charge in [-0.1, -0.05) is 0 Å². The molecule has 0 saturated carbocycles. The average Bonchev–Trinajstić information content (AvgIpc) is 1.27. The van der Waals surface area contributed by atoms with E-state index in [0.29, 0.717) is 0 Å². The fraction of sp³-hybridized carbons (Fsp3) is 1.00. The first-order valence-corrected chi connectivity index (χ1v) is 10.5. The Hall–Kier alpha value is 0.750. The molecule has 0 aliphatic carbocycles. The van der Waals surface area contributed by atoms with Crippen LogP contribution < -0.4 is 3.41 Å². The van der Waals surface area contributed by atoms with Crippen molar-refractivity contribution in [3.05, 3.63) is 5.21 Å². The molecule has 0 aromatic carbocycles. The minimum absolute atomic E-state index is 0.792.